The lowest BCUT2D eigenvalue weighted by atomic mass is 9.89. The molecule has 0 saturated heterocycles. The maximum atomic E-state index is 11.0. The Hall–Kier alpha value is -0.203. The van der Waals surface area contributed by atoms with Crippen LogP contribution in [0.1, 0.15) is 53.9 Å². The fraction of sp³-hybridized carbons (Fsp3) is 0.889. The highest BCUT2D eigenvalue weighted by Gasteiger charge is 2.43. The summed E-state index contributed by atoms with van der Waals surface area (Å²) in [5.74, 6) is 0. The summed E-state index contributed by atoms with van der Waals surface area (Å²) in [5, 5.41) is 11.2. The molecule has 1 N–H and O–H groups in total. The van der Waals surface area contributed by atoms with Crippen LogP contribution < -0.4 is 0 Å². The van der Waals surface area contributed by atoms with Crippen LogP contribution in [0.5, 0.6) is 0 Å². The molecular formula is C18H36O4Si. The second kappa shape index (κ2) is 8.25. The smallest absolute Gasteiger partial charge is 0.192 e. The van der Waals surface area contributed by atoms with Crippen molar-refractivity contribution < 1.29 is 19.0 Å². The quantitative estimate of drug-likeness (QED) is 0.528. The zero-order chi connectivity index (χ0) is 17.7. The van der Waals surface area contributed by atoms with E-state index in [4.69, 9.17) is 13.9 Å². The SMILES string of the molecule is CCCC[C@@]1(O)C=C[C@@H](OCC)O[C@@H]1CO[Si](C)(C)C(C)(C)C. The Morgan fingerprint density at radius 3 is 2.43 bits per heavy atom. The van der Waals surface area contributed by atoms with Gasteiger partial charge in [-0.05, 0) is 43.6 Å². The molecule has 0 unspecified atom stereocenters. The summed E-state index contributed by atoms with van der Waals surface area (Å²) in [6, 6.07) is 0. The van der Waals surface area contributed by atoms with Crippen molar-refractivity contribution in [1.29, 1.82) is 0 Å². The van der Waals surface area contributed by atoms with Gasteiger partial charge in [-0.25, -0.2) is 0 Å². The van der Waals surface area contributed by atoms with Crippen LogP contribution in [0.3, 0.4) is 0 Å². The van der Waals surface area contributed by atoms with Gasteiger partial charge in [0.1, 0.15) is 11.7 Å². The van der Waals surface area contributed by atoms with Crippen molar-refractivity contribution >= 4 is 8.32 Å². The number of hydrogen-bond acceptors (Lipinski definition) is 4. The van der Waals surface area contributed by atoms with E-state index in [1.807, 2.05) is 19.1 Å². The second-order valence-corrected chi connectivity index (χ2v) is 12.8. The molecular weight excluding hydrogens is 308 g/mol. The third-order valence-corrected chi connectivity index (χ3v) is 9.56. The Labute approximate surface area is 143 Å². The first-order valence-corrected chi connectivity index (χ1v) is 11.8. The maximum Gasteiger partial charge on any atom is 0.192 e. The van der Waals surface area contributed by atoms with Gasteiger partial charge in [0.05, 0.1) is 6.61 Å². The van der Waals surface area contributed by atoms with Gasteiger partial charge in [-0.2, -0.15) is 0 Å². The second-order valence-electron chi connectivity index (χ2n) is 7.97. The Morgan fingerprint density at radius 1 is 1.26 bits per heavy atom. The summed E-state index contributed by atoms with van der Waals surface area (Å²) in [5.41, 5.74) is -0.966. The highest BCUT2D eigenvalue weighted by Crippen LogP contribution is 2.38. The van der Waals surface area contributed by atoms with Gasteiger partial charge in [-0.1, -0.05) is 40.5 Å². The van der Waals surface area contributed by atoms with Crippen molar-refractivity contribution in [2.75, 3.05) is 13.2 Å². The molecule has 0 spiro atoms. The van der Waals surface area contributed by atoms with E-state index in [-0.39, 0.29) is 11.1 Å². The first kappa shape index (κ1) is 20.8. The number of ether oxygens (including phenoxy) is 2. The third kappa shape index (κ3) is 5.68. The highest BCUT2D eigenvalue weighted by molar-refractivity contribution is 6.74. The molecule has 0 fully saturated rings. The Morgan fingerprint density at radius 2 is 1.91 bits per heavy atom. The average molecular weight is 345 g/mol. The van der Waals surface area contributed by atoms with Gasteiger partial charge in [0.2, 0.25) is 0 Å². The van der Waals surface area contributed by atoms with Crippen LogP contribution in [-0.2, 0) is 13.9 Å². The highest BCUT2D eigenvalue weighted by atomic mass is 28.4. The van der Waals surface area contributed by atoms with E-state index in [0.717, 1.165) is 12.8 Å². The fourth-order valence-corrected chi connectivity index (χ4v) is 3.33. The monoisotopic (exact) mass is 344 g/mol. The molecule has 0 aromatic rings. The van der Waals surface area contributed by atoms with Crippen molar-refractivity contribution in [3.8, 4) is 0 Å². The molecule has 0 aromatic carbocycles. The van der Waals surface area contributed by atoms with Gasteiger partial charge in [-0.3, -0.25) is 0 Å². The topological polar surface area (TPSA) is 47.9 Å². The van der Waals surface area contributed by atoms with Gasteiger partial charge in [0.15, 0.2) is 14.6 Å². The van der Waals surface area contributed by atoms with Gasteiger partial charge in [-0.15, -0.1) is 0 Å². The molecule has 23 heavy (non-hydrogen) atoms. The normalized spacial score (nSPS) is 29.0. The van der Waals surface area contributed by atoms with E-state index in [0.29, 0.717) is 19.6 Å². The van der Waals surface area contributed by atoms with Gasteiger partial charge >= 0.3 is 0 Å². The van der Waals surface area contributed by atoms with E-state index in [1.165, 1.54) is 0 Å². The Kier molecular flexibility index (Phi) is 7.48. The van der Waals surface area contributed by atoms with Crippen molar-refractivity contribution in [3.05, 3.63) is 12.2 Å². The number of rotatable bonds is 8. The zero-order valence-electron chi connectivity index (χ0n) is 16.0. The van der Waals surface area contributed by atoms with Crippen LogP contribution in [-0.4, -0.2) is 44.6 Å². The molecule has 4 nitrogen and oxygen atoms in total. The van der Waals surface area contributed by atoms with Crippen LogP contribution in [0.25, 0.3) is 0 Å². The molecule has 1 aliphatic heterocycles. The van der Waals surface area contributed by atoms with Crippen molar-refractivity contribution in [3.63, 3.8) is 0 Å². The summed E-state index contributed by atoms with van der Waals surface area (Å²) in [7, 11) is -1.88. The lowest BCUT2D eigenvalue weighted by Crippen LogP contribution is -2.52. The molecule has 0 bridgehead atoms. The van der Waals surface area contributed by atoms with Crippen molar-refractivity contribution in [2.24, 2.45) is 0 Å². The molecule has 0 amide bonds. The molecule has 0 saturated carbocycles. The average Bonchev–Trinajstić information content (AvgIpc) is 2.45. The molecule has 3 atom stereocenters. The van der Waals surface area contributed by atoms with Crippen molar-refractivity contribution in [2.45, 2.75) is 90.0 Å². The summed E-state index contributed by atoms with van der Waals surface area (Å²) < 4.78 is 17.8. The van der Waals surface area contributed by atoms with Gasteiger partial charge < -0.3 is 19.0 Å². The molecule has 0 aliphatic carbocycles. The summed E-state index contributed by atoms with van der Waals surface area (Å²) in [6.07, 6.45) is 5.58. The summed E-state index contributed by atoms with van der Waals surface area (Å²) in [6.45, 7) is 16.1. The minimum atomic E-state index is -1.88. The minimum absolute atomic E-state index is 0.137. The van der Waals surface area contributed by atoms with Crippen LogP contribution >= 0.6 is 0 Å². The number of aliphatic hydroxyl groups is 1. The summed E-state index contributed by atoms with van der Waals surface area (Å²) >= 11 is 0. The molecule has 0 radical (unpaired) electrons. The predicted octanol–water partition coefficient (Wildman–Crippen LogP) is 4.25. The van der Waals surface area contributed by atoms with E-state index >= 15 is 0 Å². The predicted molar refractivity (Wildman–Crippen MR) is 97.1 cm³/mol. The van der Waals surface area contributed by atoms with Gasteiger partial charge in [0, 0.05) is 6.61 Å². The minimum Gasteiger partial charge on any atom is -0.414 e. The molecule has 136 valence electrons. The zero-order valence-corrected chi connectivity index (χ0v) is 17.0. The lowest BCUT2D eigenvalue weighted by molar-refractivity contribution is -0.204. The van der Waals surface area contributed by atoms with Crippen LogP contribution in [0, 0.1) is 0 Å². The molecule has 1 aliphatic rings. The van der Waals surface area contributed by atoms with Gasteiger partial charge in [0.25, 0.3) is 0 Å². The maximum absolute atomic E-state index is 11.0. The van der Waals surface area contributed by atoms with Crippen LogP contribution in [0.2, 0.25) is 18.1 Å². The lowest BCUT2D eigenvalue weighted by Gasteiger charge is -2.42. The fourth-order valence-electron chi connectivity index (χ4n) is 2.33. The molecule has 1 rings (SSSR count). The van der Waals surface area contributed by atoms with Crippen molar-refractivity contribution in [1.82, 2.24) is 0 Å². The summed E-state index contributed by atoms with van der Waals surface area (Å²) in [4.78, 5) is 0. The van der Waals surface area contributed by atoms with Crippen LogP contribution in [0.15, 0.2) is 12.2 Å². The molecule has 0 aromatic heterocycles. The first-order chi connectivity index (χ1) is 10.6. The van der Waals surface area contributed by atoms with Crippen LogP contribution in [0.4, 0.5) is 0 Å². The van der Waals surface area contributed by atoms with E-state index in [9.17, 15) is 5.11 Å². The number of unbranched alkanes of at least 4 members (excludes halogenated alkanes) is 1. The first-order valence-electron chi connectivity index (χ1n) is 8.88. The Balaban J connectivity index is 2.82. The van der Waals surface area contributed by atoms with E-state index < -0.39 is 20.2 Å². The molecule has 1 heterocycles. The Bertz CT molecular complexity index is 389. The standard InChI is InChI=1S/C18H36O4Si/c1-8-10-12-18(19)13-11-16(20-9-2)22-15(18)14-21-23(6,7)17(3,4)5/h11,13,15-16,19H,8-10,12,14H2,1-7H3/t15-,16+,18-/m1/s1. The largest absolute Gasteiger partial charge is 0.414 e. The molecule has 5 heteroatoms. The van der Waals surface area contributed by atoms with E-state index in [2.05, 4.69) is 40.8 Å². The van der Waals surface area contributed by atoms with E-state index in [1.54, 1.807) is 0 Å². The number of hydrogen-bond donors (Lipinski definition) is 1. The third-order valence-electron chi connectivity index (χ3n) is 5.06.